The Morgan fingerprint density at radius 3 is 2.81 bits per heavy atom. The molecule has 1 aromatic carbocycles. The number of amides is 1. The Morgan fingerprint density at radius 2 is 2.03 bits per heavy atom. The van der Waals surface area contributed by atoms with Crippen molar-refractivity contribution < 1.29 is 9.18 Å². The highest BCUT2D eigenvalue weighted by atomic mass is 19.1. The van der Waals surface area contributed by atoms with Crippen LogP contribution in [0, 0.1) is 5.82 Å². The Kier molecular flexibility index (Phi) is 6.46. The third-order valence-corrected chi connectivity index (χ3v) is 6.81. The fourth-order valence-electron chi connectivity index (χ4n) is 4.87. The second-order valence-corrected chi connectivity index (χ2v) is 9.86. The summed E-state index contributed by atoms with van der Waals surface area (Å²) in [4.78, 5) is 33.7. The van der Waals surface area contributed by atoms with E-state index in [1.54, 1.807) is 37.6 Å². The second-order valence-electron chi connectivity index (χ2n) is 9.86. The highest BCUT2D eigenvalue weighted by Gasteiger charge is 2.35. The number of pyridine rings is 1. The number of anilines is 2. The van der Waals surface area contributed by atoms with Crippen molar-refractivity contribution in [2.45, 2.75) is 31.3 Å². The lowest BCUT2D eigenvalue weighted by Crippen LogP contribution is -2.56. The van der Waals surface area contributed by atoms with Gasteiger partial charge in [0.2, 0.25) is 5.91 Å². The van der Waals surface area contributed by atoms with Crippen LogP contribution in [0.15, 0.2) is 49.2 Å². The SMILES string of the molecule is CN(C)C(=O)C[C@@]1(N)CCCN(c2cnc(-c3cccc(F)c3)cc2Cn2cnc3c(N)ncnc32)C1. The Hall–Kier alpha value is -4.12. The van der Waals surface area contributed by atoms with Crippen molar-refractivity contribution in [3.8, 4) is 11.3 Å². The number of nitrogens with two attached hydrogens (primary N) is 2. The zero-order valence-corrected chi connectivity index (χ0v) is 20.9. The van der Waals surface area contributed by atoms with E-state index in [1.807, 2.05) is 16.7 Å². The van der Waals surface area contributed by atoms with Crippen molar-refractivity contribution in [1.82, 2.24) is 29.4 Å². The van der Waals surface area contributed by atoms with Crippen molar-refractivity contribution in [3.63, 3.8) is 0 Å². The zero-order valence-electron chi connectivity index (χ0n) is 20.9. The topological polar surface area (TPSA) is 132 Å². The Balaban J connectivity index is 1.54. The van der Waals surface area contributed by atoms with E-state index in [2.05, 4.69) is 24.8 Å². The predicted molar refractivity (Wildman–Crippen MR) is 140 cm³/mol. The van der Waals surface area contributed by atoms with Gasteiger partial charge in [-0.05, 0) is 36.6 Å². The molecule has 4 aromatic rings. The molecule has 0 aliphatic carbocycles. The number of carbonyl (C=O) groups is 1. The summed E-state index contributed by atoms with van der Waals surface area (Å²) in [5.41, 5.74) is 16.4. The van der Waals surface area contributed by atoms with Crippen LogP contribution in [-0.4, -0.2) is 68.0 Å². The summed E-state index contributed by atoms with van der Waals surface area (Å²) in [5.74, 6) is -0.00724. The molecular formula is C26H30FN9O. The molecule has 4 heterocycles. The molecule has 0 bridgehead atoms. The summed E-state index contributed by atoms with van der Waals surface area (Å²) in [6.07, 6.45) is 6.77. The molecule has 1 fully saturated rings. The van der Waals surface area contributed by atoms with Gasteiger partial charge in [0.25, 0.3) is 0 Å². The number of fused-ring (bicyclic) bond motifs is 1. The van der Waals surface area contributed by atoms with Gasteiger partial charge in [0, 0.05) is 44.7 Å². The van der Waals surface area contributed by atoms with Crippen LogP contribution >= 0.6 is 0 Å². The first-order chi connectivity index (χ1) is 17.7. The largest absolute Gasteiger partial charge is 0.382 e. The van der Waals surface area contributed by atoms with Crippen LogP contribution in [-0.2, 0) is 11.3 Å². The van der Waals surface area contributed by atoms with Gasteiger partial charge in [0.1, 0.15) is 17.7 Å². The van der Waals surface area contributed by atoms with E-state index in [0.29, 0.717) is 41.3 Å². The minimum absolute atomic E-state index is 0.00584. The molecule has 11 heteroatoms. The van der Waals surface area contributed by atoms with E-state index < -0.39 is 5.54 Å². The number of hydrogen-bond donors (Lipinski definition) is 2. The number of benzene rings is 1. The highest BCUT2D eigenvalue weighted by molar-refractivity contribution is 5.81. The van der Waals surface area contributed by atoms with Crippen LogP contribution in [0.4, 0.5) is 15.9 Å². The van der Waals surface area contributed by atoms with E-state index in [1.165, 1.54) is 18.5 Å². The summed E-state index contributed by atoms with van der Waals surface area (Å²) < 4.78 is 15.9. The van der Waals surface area contributed by atoms with Crippen molar-refractivity contribution in [2.75, 3.05) is 37.8 Å². The average Bonchev–Trinajstić information content (AvgIpc) is 3.27. The summed E-state index contributed by atoms with van der Waals surface area (Å²) in [5, 5.41) is 0. The highest BCUT2D eigenvalue weighted by Crippen LogP contribution is 2.32. The molecule has 0 spiro atoms. The van der Waals surface area contributed by atoms with Crippen molar-refractivity contribution in [3.05, 3.63) is 60.6 Å². The van der Waals surface area contributed by atoms with Gasteiger partial charge in [-0.1, -0.05) is 12.1 Å². The Labute approximate surface area is 214 Å². The standard InChI is InChI=1S/C26H30FN9O/c1-34(2)22(37)11-26(29)7-4-8-35(14-26)21-12-30-20(17-5-3-6-19(27)9-17)10-18(21)13-36-16-33-23-24(28)31-15-32-25(23)36/h3,5-6,9-10,12,15-16H,4,7-8,11,13-14,29H2,1-2H3,(H2,28,31,32)/t26-/m0/s1. The van der Waals surface area contributed by atoms with Crippen LogP contribution < -0.4 is 16.4 Å². The Bertz CT molecular complexity index is 1450. The van der Waals surface area contributed by atoms with Gasteiger partial charge in [-0.25, -0.2) is 19.3 Å². The number of hydrogen-bond acceptors (Lipinski definition) is 8. The summed E-state index contributed by atoms with van der Waals surface area (Å²) in [7, 11) is 3.48. The maximum absolute atomic E-state index is 14.0. The van der Waals surface area contributed by atoms with E-state index in [4.69, 9.17) is 11.5 Å². The summed E-state index contributed by atoms with van der Waals surface area (Å²) in [6, 6.07) is 8.32. The van der Waals surface area contributed by atoms with Gasteiger partial charge in [-0.2, -0.15) is 0 Å². The van der Waals surface area contributed by atoms with Gasteiger partial charge in [-0.3, -0.25) is 9.78 Å². The zero-order chi connectivity index (χ0) is 26.2. The average molecular weight is 504 g/mol. The molecule has 3 aromatic heterocycles. The molecule has 1 saturated heterocycles. The van der Waals surface area contributed by atoms with Crippen molar-refractivity contribution in [1.29, 1.82) is 0 Å². The first kappa shape index (κ1) is 24.6. The van der Waals surface area contributed by atoms with Crippen LogP contribution in [0.25, 0.3) is 22.4 Å². The molecule has 1 aliphatic rings. The normalized spacial score (nSPS) is 17.8. The van der Waals surface area contributed by atoms with Gasteiger partial charge in [0.05, 0.1) is 30.5 Å². The molecule has 5 rings (SSSR count). The predicted octanol–water partition coefficient (Wildman–Crippen LogP) is 2.43. The van der Waals surface area contributed by atoms with Gasteiger partial charge in [0.15, 0.2) is 11.5 Å². The second kappa shape index (κ2) is 9.74. The van der Waals surface area contributed by atoms with Gasteiger partial charge >= 0.3 is 0 Å². The van der Waals surface area contributed by atoms with E-state index >= 15 is 0 Å². The molecular weight excluding hydrogens is 473 g/mol. The monoisotopic (exact) mass is 503 g/mol. The first-order valence-corrected chi connectivity index (χ1v) is 12.1. The molecule has 0 saturated carbocycles. The fourth-order valence-corrected chi connectivity index (χ4v) is 4.87. The molecule has 10 nitrogen and oxygen atoms in total. The number of halogens is 1. The van der Waals surface area contributed by atoms with E-state index in [0.717, 1.165) is 30.6 Å². The van der Waals surface area contributed by atoms with Crippen LogP contribution in [0.3, 0.4) is 0 Å². The van der Waals surface area contributed by atoms with Gasteiger partial charge < -0.3 is 25.8 Å². The van der Waals surface area contributed by atoms with E-state index in [-0.39, 0.29) is 18.1 Å². The number of nitrogen functional groups attached to an aromatic ring is 1. The number of nitrogens with zero attached hydrogens (tertiary/aromatic N) is 7. The number of carbonyl (C=O) groups excluding carboxylic acids is 1. The molecule has 1 atom stereocenters. The number of aromatic nitrogens is 5. The van der Waals surface area contributed by atoms with Crippen LogP contribution in [0.1, 0.15) is 24.8 Å². The first-order valence-electron chi connectivity index (χ1n) is 12.1. The lowest BCUT2D eigenvalue weighted by Gasteiger charge is -2.42. The molecule has 1 aliphatic heterocycles. The third-order valence-electron chi connectivity index (χ3n) is 6.81. The maximum atomic E-state index is 14.0. The fraction of sp³-hybridized carbons (Fsp3) is 0.346. The van der Waals surface area contributed by atoms with Crippen molar-refractivity contribution >= 4 is 28.6 Å². The minimum Gasteiger partial charge on any atom is -0.382 e. The molecule has 192 valence electrons. The van der Waals surface area contributed by atoms with Crippen LogP contribution in [0.5, 0.6) is 0 Å². The molecule has 4 N–H and O–H groups in total. The number of imidazole rings is 1. The van der Waals surface area contributed by atoms with Crippen LogP contribution in [0.2, 0.25) is 0 Å². The number of rotatable bonds is 6. The lowest BCUT2D eigenvalue weighted by atomic mass is 9.86. The third kappa shape index (κ3) is 5.08. The Morgan fingerprint density at radius 1 is 1.19 bits per heavy atom. The molecule has 37 heavy (non-hydrogen) atoms. The maximum Gasteiger partial charge on any atom is 0.223 e. The molecule has 0 unspecified atom stereocenters. The minimum atomic E-state index is -0.651. The number of piperidine rings is 1. The van der Waals surface area contributed by atoms with Crippen molar-refractivity contribution in [2.24, 2.45) is 5.73 Å². The lowest BCUT2D eigenvalue weighted by molar-refractivity contribution is -0.130. The molecule has 1 amide bonds. The summed E-state index contributed by atoms with van der Waals surface area (Å²) >= 11 is 0. The smallest absolute Gasteiger partial charge is 0.223 e. The molecule has 0 radical (unpaired) electrons. The quantitative estimate of drug-likeness (QED) is 0.410. The summed E-state index contributed by atoms with van der Waals surface area (Å²) in [6.45, 7) is 1.72. The van der Waals surface area contributed by atoms with E-state index in [9.17, 15) is 9.18 Å². The van der Waals surface area contributed by atoms with Gasteiger partial charge in [-0.15, -0.1) is 0 Å².